The van der Waals surface area contributed by atoms with E-state index in [4.69, 9.17) is 4.74 Å². The molecule has 0 radical (unpaired) electrons. The van der Waals surface area contributed by atoms with Crippen molar-refractivity contribution >= 4 is 0 Å². The molecule has 0 atom stereocenters. The van der Waals surface area contributed by atoms with Gasteiger partial charge in [0, 0.05) is 12.1 Å². The lowest BCUT2D eigenvalue weighted by atomic mass is 10.1. The van der Waals surface area contributed by atoms with Crippen LogP contribution in [0, 0.1) is 0 Å². The Bertz CT molecular complexity index is 327. The minimum atomic E-state index is 0.122. The molecule has 0 aliphatic heterocycles. The number of hydrogen-bond donors (Lipinski definition) is 1. The lowest BCUT2D eigenvalue weighted by Crippen LogP contribution is -2.35. The summed E-state index contributed by atoms with van der Waals surface area (Å²) in [5.74, 6) is 0.866. The van der Waals surface area contributed by atoms with E-state index in [1.807, 2.05) is 18.3 Å². The van der Waals surface area contributed by atoms with Gasteiger partial charge in [-0.05, 0) is 39.3 Å². The van der Waals surface area contributed by atoms with Gasteiger partial charge in [-0.25, -0.2) is 0 Å². The van der Waals surface area contributed by atoms with Gasteiger partial charge in [0.15, 0.2) is 0 Å². The number of nitrogens with one attached hydrogen (secondary N) is 1. The maximum atomic E-state index is 5.63. The number of nitrogens with zero attached hydrogens (tertiary/aromatic N) is 1. The summed E-state index contributed by atoms with van der Waals surface area (Å²) in [6.07, 6.45) is 5.37. The standard InChI is InChI=1S/C15H26N2O/c1-5-6-7-10-18-14-9-8-13(16-12-14)11-17-15(2,3)4/h8-9,12,17H,5-7,10-11H2,1-4H3. The average Bonchev–Trinajstić information content (AvgIpc) is 2.33. The van der Waals surface area contributed by atoms with Crippen LogP contribution in [0.1, 0.15) is 52.7 Å². The van der Waals surface area contributed by atoms with Crippen LogP contribution in [-0.4, -0.2) is 17.1 Å². The molecule has 0 aliphatic carbocycles. The molecule has 102 valence electrons. The zero-order valence-electron chi connectivity index (χ0n) is 12.1. The number of rotatable bonds is 7. The monoisotopic (exact) mass is 250 g/mol. The van der Waals surface area contributed by atoms with Crippen molar-refractivity contribution in [2.75, 3.05) is 6.61 Å². The quantitative estimate of drug-likeness (QED) is 0.752. The van der Waals surface area contributed by atoms with Crippen LogP contribution in [-0.2, 0) is 6.54 Å². The maximum absolute atomic E-state index is 5.63. The fourth-order valence-corrected chi connectivity index (χ4v) is 1.50. The third-order valence-electron chi connectivity index (χ3n) is 2.61. The molecule has 1 heterocycles. The molecule has 0 saturated heterocycles. The van der Waals surface area contributed by atoms with Crippen LogP contribution in [0.25, 0.3) is 0 Å². The van der Waals surface area contributed by atoms with Crippen LogP contribution >= 0.6 is 0 Å². The van der Waals surface area contributed by atoms with Crippen molar-refractivity contribution in [2.45, 2.75) is 59.0 Å². The highest BCUT2D eigenvalue weighted by atomic mass is 16.5. The van der Waals surface area contributed by atoms with Gasteiger partial charge in [-0.1, -0.05) is 19.8 Å². The minimum Gasteiger partial charge on any atom is -0.492 e. The molecule has 0 amide bonds. The first-order chi connectivity index (χ1) is 8.51. The Kier molecular flexibility index (Phi) is 6.13. The summed E-state index contributed by atoms with van der Waals surface area (Å²) in [4.78, 5) is 4.39. The first kappa shape index (κ1) is 15.0. The second-order valence-electron chi connectivity index (χ2n) is 5.64. The van der Waals surface area contributed by atoms with Gasteiger partial charge in [0.05, 0.1) is 18.5 Å². The summed E-state index contributed by atoms with van der Waals surface area (Å²) in [7, 11) is 0. The molecule has 1 aromatic heterocycles. The van der Waals surface area contributed by atoms with E-state index in [1.54, 1.807) is 0 Å². The molecule has 0 spiro atoms. The van der Waals surface area contributed by atoms with E-state index < -0.39 is 0 Å². The zero-order chi connectivity index (χ0) is 13.4. The molecule has 0 unspecified atom stereocenters. The first-order valence-electron chi connectivity index (χ1n) is 6.84. The van der Waals surface area contributed by atoms with E-state index in [2.05, 4.69) is 38.0 Å². The summed E-state index contributed by atoms with van der Waals surface area (Å²) in [6, 6.07) is 4.02. The smallest absolute Gasteiger partial charge is 0.137 e. The lowest BCUT2D eigenvalue weighted by Gasteiger charge is -2.20. The largest absolute Gasteiger partial charge is 0.492 e. The molecule has 3 nitrogen and oxygen atoms in total. The second kappa shape index (κ2) is 7.37. The van der Waals surface area contributed by atoms with Gasteiger partial charge < -0.3 is 10.1 Å². The Morgan fingerprint density at radius 1 is 1.22 bits per heavy atom. The Morgan fingerprint density at radius 3 is 2.56 bits per heavy atom. The minimum absolute atomic E-state index is 0.122. The van der Waals surface area contributed by atoms with E-state index in [0.717, 1.165) is 31.0 Å². The Morgan fingerprint density at radius 2 is 2.00 bits per heavy atom. The fraction of sp³-hybridized carbons (Fsp3) is 0.667. The molecule has 3 heteroatoms. The number of pyridine rings is 1. The first-order valence-corrected chi connectivity index (χ1v) is 6.84. The third-order valence-corrected chi connectivity index (χ3v) is 2.61. The fourth-order valence-electron chi connectivity index (χ4n) is 1.50. The zero-order valence-corrected chi connectivity index (χ0v) is 12.1. The van der Waals surface area contributed by atoms with Gasteiger partial charge in [0.2, 0.25) is 0 Å². The van der Waals surface area contributed by atoms with Crippen LogP contribution < -0.4 is 10.1 Å². The molecule has 1 N–H and O–H groups in total. The van der Waals surface area contributed by atoms with E-state index in [1.165, 1.54) is 12.8 Å². The van der Waals surface area contributed by atoms with Gasteiger partial charge in [-0.2, -0.15) is 0 Å². The van der Waals surface area contributed by atoms with Crippen LogP contribution in [0.2, 0.25) is 0 Å². The van der Waals surface area contributed by atoms with E-state index in [-0.39, 0.29) is 5.54 Å². The predicted molar refractivity (Wildman–Crippen MR) is 75.8 cm³/mol. The molecular weight excluding hydrogens is 224 g/mol. The van der Waals surface area contributed by atoms with Crippen molar-refractivity contribution in [3.63, 3.8) is 0 Å². The van der Waals surface area contributed by atoms with Crippen LogP contribution in [0.15, 0.2) is 18.3 Å². The highest BCUT2D eigenvalue weighted by Gasteiger charge is 2.08. The molecule has 0 fully saturated rings. The summed E-state index contributed by atoms with van der Waals surface area (Å²) >= 11 is 0. The Hall–Kier alpha value is -1.09. The van der Waals surface area contributed by atoms with Crippen LogP contribution in [0.4, 0.5) is 0 Å². The predicted octanol–water partition coefficient (Wildman–Crippen LogP) is 3.54. The Balaban J connectivity index is 2.33. The summed E-state index contributed by atoms with van der Waals surface area (Å²) in [5.41, 5.74) is 1.17. The summed E-state index contributed by atoms with van der Waals surface area (Å²) < 4.78 is 5.63. The SMILES string of the molecule is CCCCCOc1ccc(CNC(C)(C)C)nc1. The van der Waals surface area contributed by atoms with Crippen molar-refractivity contribution in [2.24, 2.45) is 0 Å². The van der Waals surface area contributed by atoms with Gasteiger partial charge in [-0.15, -0.1) is 0 Å². The number of unbranched alkanes of at least 4 members (excludes halogenated alkanes) is 2. The van der Waals surface area contributed by atoms with Crippen LogP contribution in [0.3, 0.4) is 0 Å². The highest BCUT2D eigenvalue weighted by molar-refractivity contribution is 5.19. The van der Waals surface area contributed by atoms with Gasteiger partial charge in [0.25, 0.3) is 0 Å². The number of ether oxygens (including phenoxy) is 1. The van der Waals surface area contributed by atoms with Gasteiger partial charge >= 0.3 is 0 Å². The molecule has 0 saturated carbocycles. The highest BCUT2D eigenvalue weighted by Crippen LogP contribution is 2.11. The van der Waals surface area contributed by atoms with Crippen molar-refractivity contribution in [3.8, 4) is 5.75 Å². The second-order valence-corrected chi connectivity index (χ2v) is 5.64. The number of aromatic nitrogens is 1. The van der Waals surface area contributed by atoms with Gasteiger partial charge in [-0.3, -0.25) is 4.98 Å². The molecule has 1 aromatic rings. The van der Waals surface area contributed by atoms with E-state index in [0.29, 0.717) is 0 Å². The lowest BCUT2D eigenvalue weighted by molar-refractivity contribution is 0.305. The summed E-state index contributed by atoms with van der Waals surface area (Å²) in [5, 5.41) is 3.41. The van der Waals surface area contributed by atoms with Crippen molar-refractivity contribution in [1.82, 2.24) is 10.3 Å². The van der Waals surface area contributed by atoms with Crippen molar-refractivity contribution in [3.05, 3.63) is 24.0 Å². The maximum Gasteiger partial charge on any atom is 0.137 e. The molecular formula is C15H26N2O. The Labute approximate surface area is 111 Å². The molecule has 0 aliphatic rings. The van der Waals surface area contributed by atoms with E-state index in [9.17, 15) is 0 Å². The topological polar surface area (TPSA) is 34.1 Å². The number of hydrogen-bond acceptors (Lipinski definition) is 3. The third kappa shape index (κ3) is 6.60. The van der Waals surface area contributed by atoms with Crippen molar-refractivity contribution < 1.29 is 4.74 Å². The van der Waals surface area contributed by atoms with E-state index >= 15 is 0 Å². The summed E-state index contributed by atoms with van der Waals surface area (Å²) in [6.45, 7) is 10.2. The molecule has 18 heavy (non-hydrogen) atoms. The van der Waals surface area contributed by atoms with Crippen LogP contribution in [0.5, 0.6) is 5.75 Å². The van der Waals surface area contributed by atoms with Crippen molar-refractivity contribution in [1.29, 1.82) is 0 Å². The average molecular weight is 250 g/mol. The van der Waals surface area contributed by atoms with Gasteiger partial charge in [0.1, 0.15) is 5.75 Å². The molecule has 0 bridgehead atoms. The molecule has 1 rings (SSSR count). The normalized spacial score (nSPS) is 11.6. The molecule has 0 aromatic carbocycles.